The highest BCUT2D eigenvalue weighted by Gasteiger charge is 2.23. The number of pyridine rings is 1. The fourth-order valence-electron chi connectivity index (χ4n) is 3.36. The maximum atomic E-state index is 11.6. The SMILES string of the molecule is N#CCC(=O)NC1CCN(c2nc[nH]c3cnc4nccc4c23)CC1. The van der Waals surface area contributed by atoms with Crippen molar-refractivity contribution in [1.29, 1.82) is 5.26 Å². The Kier molecular flexibility index (Phi) is 3.90. The molecule has 3 aromatic rings. The molecule has 0 unspecified atom stereocenters. The summed E-state index contributed by atoms with van der Waals surface area (Å²) in [6, 6.07) is 3.95. The van der Waals surface area contributed by atoms with Gasteiger partial charge < -0.3 is 15.2 Å². The summed E-state index contributed by atoms with van der Waals surface area (Å²) in [5.41, 5.74) is 1.64. The molecule has 8 nitrogen and oxygen atoms in total. The van der Waals surface area contributed by atoms with Gasteiger partial charge in [0.1, 0.15) is 12.2 Å². The van der Waals surface area contributed by atoms with E-state index in [1.807, 2.05) is 12.1 Å². The number of rotatable bonds is 3. The minimum absolute atomic E-state index is 0.0874. The molecule has 4 heterocycles. The van der Waals surface area contributed by atoms with Gasteiger partial charge in [0, 0.05) is 30.7 Å². The summed E-state index contributed by atoms with van der Waals surface area (Å²) >= 11 is 0. The van der Waals surface area contributed by atoms with Crippen molar-refractivity contribution >= 4 is 33.7 Å². The molecular formula is C17H17N7O. The highest BCUT2D eigenvalue weighted by Crippen LogP contribution is 2.30. The van der Waals surface area contributed by atoms with Gasteiger partial charge in [0.2, 0.25) is 5.91 Å². The lowest BCUT2D eigenvalue weighted by Gasteiger charge is -2.33. The lowest BCUT2D eigenvalue weighted by molar-refractivity contribution is -0.120. The standard InChI is InChI=1S/C17H17N7O/c18-5-1-14(25)23-11-3-7-24(8-4-11)17-15-12-2-6-19-16(12)20-9-13(15)21-10-22-17/h2,6,9-11H,1,3-4,7-8H2,(H,21,22)(H,23,25). The third-order valence-corrected chi connectivity index (χ3v) is 4.56. The summed E-state index contributed by atoms with van der Waals surface area (Å²) in [5.74, 6) is 0.713. The van der Waals surface area contributed by atoms with Crippen LogP contribution in [-0.4, -0.2) is 45.0 Å². The largest absolute Gasteiger partial charge is 0.356 e. The molecule has 1 aliphatic heterocycles. The Balaban J connectivity index is 1.58. The van der Waals surface area contributed by atoms with Gasteiger partial charge in [0.15, 0.2) is 5.65 Å². The van der Waals surface area contributed by atoms with E-state index in [1.54, 1.807) is 18.7 Å². The van der Waals surface area contributed by atoms with Crippen LogP contribution in [0.1, 0.15) is 19.3 Å². The number of aromatic nitrogens is 4. The fourth-order valence-corrected chi connectivity index (χ4v) is 3.36. The van der Waals surface area contributed by atoms with Gasteiger partial charge >= 0.3 is 0 Å². The molecule has 3 aromatic heterocycles. The Hall–Kier alpha value is -3.21. The van der Waals surface area contributed by atoms with Gasteiger partial charge in [-0.25, -0.2) is 15.0 Å². The first-order valence-corrected chi connectivity index (χ1v) is 8.24. The van der Waals surface area contributed by atoms with Gasteiger partial charge in [-0.1, -0.05) is 0 Å². The van der Waals surface area contributed by atoms with Crippen molar-refractivity contribution in [1.82, 2.24) is 25.3 Å². The topological polar surface area (TPSA) is 111 Å². The van der Waals surface area contributed by atoms with Crippen LogP contribution in [0.25, 0.3) is 21.9 Å². The van der Waals surface area contributed by atoms with Crippen LogP contribution < -0.4 is 10.2 Å². The van der Waals surface area contributed by atoms with Crippen molar-refractivity contribution in [2.45, 2.75) is 25.3 Å². The average molecular weight is 335 g/mol. The Morgan fingerprint density at radius 3 is 3.00 bits per heavy atom. The minimum atomic E-state index is -0.200. The van der Waals surface area contributed by atoms with E-state index < -0.39 is 0 Å². The van der Waals surface area contributed by atoms with Crippen LogP contribution in [0.2, 0.25) is 0 Å². The molecule has 0 aromatic carbocycles. The zero-order valence-corrected chi connectivity index (χ0v) is 13.6. The molecule has 1 fully saturated rings. The fraction of sp³-hybridized carbons (Fsp3) is 0.353. The molecule has 4 rings (SSSR count). The molecular weight excluding hydrogens is 318 g/mol. The monoisotopic (exact) mass is 335 g/mol. The molecule has 0 spiro atoms. The average Bonchev–Trinajstić information content (AvgIpc) is 3.11. The molecule has 8 heteroatoms. The van der Waals surface area contributed by atoms with Crippen molar-refractivity contribution in [3.05, 3.63) is 24.8 Å². The third-order valence-electron chi connectivity index (χ3n) is 4.56. The number of carbonyl (C=O) groups excluding carboxylic acids is 1. The second-order valence-electron chi connectivity index (χ2n) is 6.12. The van der Waals surface area contributed by atoms with E-state index in [1.165, 1.54) is 0 Å². The van der Waals surface area contributed by atoms with Gasteiger partial charge in [0.05, 0.1) is 29.5 Å². The maximum Gasteiger partial charge on any atom is 0.234 e. The van der Waals surface area contributed by atoms with Gasteiger partial charge in [-0.15, -0.1) is 0 Å². The van der Waals surface area contributed by atoms with E-state index in [4.69, 9.17) is 5.26 Å². The Morgan fingerprint density at radius 2 is 2.20 bits per heavy atom. The van der Waals surface area contributed by atoms with Gasteiger partial charge in [-0.05, 0) is 18.9 Å². The number of carbonyl (C=O) groups is 1. The van der Waals surface area contributed by atoms with Crippen LogP contribution in [0.15, 0.2) is 24.8 Å². The normalized spacial score (nSPS) is 15.4. The van der Waals surface area contributed by atoms with Crippen LogP contribution in [0.5, 0.6) is 0 Å². The number of aromatic amines is 1. The lowest BCUT2D eigenvalue weighted by Crippen LogP contribution is -2.44. The Bertz CT molecular complexity index is 966. The molecule has 1 saturated heterocycles. The molecule has 0 aliphatic carbocycles. The van der Waals surface area contributed by atoms with Crippen LogP contribution in [0.4, 0.5) is 5.82 Å². The third kappa shape index (κ3) is 2.85. The quantitative estimate of drug-likeness (QED) is 0.750. The predicted molar refractivity (Wildman–Crippen MR) is 92.8 cm³/mol. The van der Waals surface area contributed by atoms with E-state index >= 15 is 0 Å². The molecule has 2 N–H and O–H groups in total. The number of H-pyrrole nitrogens is 1. The second kappa shape index (κ2) is 6.36. The summed E-state index contributed by atoms with van der Waals surface area (Å²) < 4.78 is 0. The zero-order chi connectivity index (χ0) is 17.2. The molecule has 0 bridgehead atoms. The van der Waals surface area contributed by atoms with Crippen molar-refractivity contribution in [3.8, 4) is 6.07 Å². The van der Waals surface area contributed by atoms with Gasteiger partial charge in [0.25, 0.3) is 0 Å². The number of nitrogens with zero attached hydrogens (tertiary/aromatic N) is 5. The number of hydrogen-bond acceptors (Lipinski definition) is 6. The van der Waals surface area contributed by atoms with Crippen LogP contribution in [0, 0.1) is 11.3 Å². The maximum absolute atomic E-state index is 11.6. The molecule has 0 saturated carbocycles. The van der Waals surface area contributed by atoms with E-state index in [0.29, 0.717) is 5.65 Å². The number of nitrogens with one attached hydrogen (secondary N) is 2. The second-order valence-corrected chi connectivity index (χ2v) is 6.12. The summed E-state index contributed by atoms with van der Waals surface area (Å²) in [4.78, 5) is 30.1. The highest BCUT2D eigenvalue weighted by atomic mass is 16.1. The number of anilines is 1. The van der Waals surface area contributed by atoms with Crippen molar-refractivity contribution in [3.63, 3.8) is 0 Å². The predicted octanol–water partition coefficient (Wildman–Crippen LogP) is 1.50. The number of piperidine rings is 1. The summed E-state index contributed by atoms with van der Waals surface area (Å²) in [5, 5.41) is 13.5. The Morgan fingerprint density at radius 1 is 1.36 bits per heavy atom. The van der Waals surface area contributed by atoms with E-state index in [0.717, 1.165) is 48.0 Å². The molecule has 126 valence electrons. The van der Waals surface area contributed by atoms with E-state index in [2.05, 4.69) is 30.2 Å². The minimum Gasteiger partial charge on any atom is -0.356 e. The molecule has 0 radical (unpaired) electrons. The highest BCUT2D eigenvalue weighted by molar-refractivity contribution is 6.08. The van der Waals surface area contributed by atoms with Crippen molar-refractivity contribution < 1.29 is 4.79 Å². The first kappa shape index (κ1) is 15.3. The van der Waals surface area contributed by atoms with Gasteiger partial charge in [-0.2, -0.15) is 5.26 Å². The number of hydrogen-bond donors (Lipinski definition) is 2. The first-order chi connectivity index (χ1) is 12.3. The van der Waals surface area contributed by atoms with Crippen LogP contribution in [-0.2, 0) is 4.79 Å². The van der Waals surface area contributed by atoms with Crippen LogP contribution >= 0.6 is 0 Å². The summed E-state index contributed by atoms with van der Waals surface area (Å²) in [7, 11) is 0. The van der Waals surface area contributed by atoms with E-state index in [9.17, 15) is 4.79 Å². The molecule has 1 aliphatic rings. The Labute approximate surface area is 143 Å². The smallest absolute Gasteiger partial charge is 0.234 e. The number of fused-ring (bicyclic) bond motifs is 3. The lowest BCUT2D eigenvalue weighted by atomic mass is 10.0. The van der Waals surface area contributed by atoms with Crippen molar-refractivity contribution in [2.24, 2.45) is 0 Å². The van der Waals surface area contributed by atoms with Gasteiger partial charge in [-0.3, -0.25) is 4.79 Å². The molecule has 1 amide bonds. The molecule has 0 atom stereocenters. The first-order valence-electron chi connectivity index (χ1n) is 8.24. The molecule has 25 heavy (non-hydrogen) atoms. The van der Waals surface area contributed by atoms with Crippen molar-refractivity contribution in [2.75, 3.05) is 18.0 Å². The zero-order valence-electron chi connectivity index (χ0n) is 13.6. The summed E-state index contributed by atoms with van der Waals surface area (Å²) in [6.45, 7) is 1.59. The number of amides is 1. The van der Waals surface area contributed by atoms with E-state index in [-0.39, 0.29) is 18.4 Å². The van der Waals surface area contributed by atoms with Crippen LogP contribution in [0.3, 0.4) is 0 Å². The number of nitriles is 1. The summed E-state index contributed by atoms with van der Waals surface area (Å²) in [6.07, 6.45) is 6.78.